The molecular weight excluding hydrogens is 296 g/mol. The molecule has 22 heavy (non-hydrogen) atoms. The van der Waals surface area contributed by atoms with Gasteiger partial charge in [-0.25, -0.2) is 8.42 Å². The zero-order valence-electron chi connectivity index (χ0n) is 12.1. The number of nitrogens with zero attached hydrogens (tertiary/aromatic N) is 1. The highest BCUT2D eigenvalue weighted by molar-refractivity contribution is 7.89. The van der Waals surface area contributed by atoms with Gasteiger partial charge in [0, 0.05) is 7.05 Å². The van der Waals surface area contributed by atoms with Crippen molar-refractivity contribution in [1.29, 1.82) is 0 Å². The van der Waals surface area contributed by atoms with E-state index in [0.29, 0.717) is 0 Å². The van der Waals surface area contributed by atoms with Gasteiger partial charge in [-0.05, 0) is 35.0 Å². The van der Waals surface area contributed by atoms with Crippen molar-refractivity contribution in [3.05, 3.63) is 72.8 Å². The standard InChI is InChI=1S/C17H16N2O2S/c1-19(16-9-3-2-4-10-16)18-22(20,21)17-12-11-14-7-5-6-8-15(14)13-17/h2-13,18H,1H3. The Morgan fingerprint density at radius 3 is 2.18 bits per heavy atom. The summed E-state index contributed by atoms with van der Waals surface area (Å²) >= 11 is 0. The summed E-state index contributed by atoms with van der Waals surface area (Å²) < 4.78 is 25.0. The van der Waals surface area contributed by atoms with Crippen LogP contribution in [-0.2, 0) is 10.0 Å². The van der Waals surface area contributed by atoms with E-state index >= 15 is 0 Å². The number of hydrogen-bond donors (Lipinski definition) is 1. The number of rotatable bonds is 4. The molecule has 0 aromatic heterocycles. The smallest absolute Gasteiger partial charge is 0.257 e. The summed E-state index contributed by atoms with van der Waals surface area (Å²) in [6, 6.07) is 22.0. The summed E-state index contributed by atoms with van der Waals surface area (Å²) in [5, 5.41) is 3.40. The van der Waals surface area contributed by atoms with Gasteiger partial charge in [0.25, 0.3) is 10.0 Å². The molecule has 0 bridgehead atoms. The van der Waals surface area contributed by atoms with Crippen molar-refractivity contribution in [1.82, 2.24) is 4.83 Å². The van der Waals surface area contributed by atoms with Gasteiger partial charge >= 0.3 is 0 Å². The lowest BCUT2D eigenvalue weighted by Gasteiger charge is -2.20. The minimum Gasteiger partial charge on any atom is -0.298 e. The zero-order chi connectivity index (χ0) is 15.6. The summed E-state index contributed by atoms with van der Waals surface area (Å²) in [5.41, 5.74) is 0.770. The van der Waals surface area contributed by atoms with Gasteiger partial charge in [-0.3, -0.25) is 5.01 Å². The van der Waals surface area contributed by atoms with Crippen LogP contribution in [0.25, 0.3) is 10.8 Å². The van der Waals surface area contributed by atoms with E-state index < -0.39 is 10.0 Å². The molecule has 4 nitrogen and oxygen atoms in total. The number of hydrazine groups is 1. The van der Waals surface area contributed by atoms with E-state index in [1.165, 1.54) is 5.01 Å². The van der Waals surface area contributed by atoms with Crippen molar-refractivity contribution in [2.24, 2.45) is 0 Å². The third kappa shape index (κ3) is 2.95. The fourth-order valence-electron chi connectivity index (χ4n) is 2.27. The number of nitrogens with one attached hydrogen (secondary N) is 1. The molecule has 0 heterocycles. The molecule has 3 aromatic carbocycles. The fraction of sp³-hybridized carbons (Fsp3) is 0.0588. The summed E-state index contributed by atoms with van der Waals surface area (Å²) in [6.07, 6.45) is 0. The van der Waals surface area contributed by atoms with E-state index in [4.69, 9.17) is 0 Å². The molecule has 3 rings (SSSR count). The Hall–Kier alpha value is -2.37. The van der Waals surface area contributed by atoms with Gasteiger partial charge in [0.15, 0.2) is 0 Å². The Morgan fingerprint density at radius 2 is 1.45 bits per heavy atom. The number of hydrogen-bond acceptors (Lipinski definition) is 3. The maximum atomic E-state index is 12.5. The van der Waals surface area contributed by atoms with Crippen LogP contribution in [-0.4, -0.2) is 15.5 Å². The normalized spacial score (nSPS) is 11.5. The highest BCUT2D eigenvalue weighted by atomic mass is 32.2. The van der Waals surface area contributed by atoms with Crippen molar-refractivity contribution in [2.45, 2.75) is 4.90 Å². The third-order valence-electron chi connectivity index (χ3n) is 3.43. The van der Waals surface area contributed by atoms with Crippen LogP contribution in [0.3, 0.4) is 0 Å². The lowest BCUT2D eigenvalue weighted by Crippen LogP contribution is -2.39. The predicted octanol–water partition coefficient (Wildman–Crippen LogP) is 3.17. The predicted molar refractivity (Wildman–Crippen MR) is 89.1 cm³/mol. The van der Waals surface area contributed by atoms with Crippen LogP contribution in [0.5, 0.6) is 0 Å². The summed E-state index contributed by atoms with van der Waals surface area (Å²) in [7, 11) is -1.95. The Bertz CT molecular complexity index is 893. The third-order valence-corrected chi connectivity index (χ3v) is 4.82. The average molecular weight is 312 g/mol. The number of anilines is 1. The Morgan fingerprint density at radius 1 is 0.818 bits per heavy atom. The van der Waals surface area contributed by atoms with Gasteiger partial charge < -0.3 is 0 Å². The first-order valence-electron chi connectivity index (χ1n) is 6.86. The summed E-state index contributed by atoms with van der Waals surface area (Å²) in [6.45, 7) is 0. The van der Waals surface area contributed by atoms with Crippen LogP contribution < -0.4 is 9.84 Å². The van der Waals surface area contributed by atoms with E-state index in [2.05, 4.69) is 4.83 Å². The molecule has 0 aliphatic carbocycles. The molecule has 0 unspecified atom stereocenters. The van der Waals surface area contributed by atoms with E-state index in [-0.39, 0.29) is 4.90 Å². The molecule has 3 aromatic rings. The maximum absolute atomic E-state index is 12.5. The highest BCUT2D eigenvalue weighted by Crippen LogP contribution is 2.19. The van der Waals surface area contributed by atoms with Gasteiger partial charge in [-0.2, -0.15) is 0 Å². The Labute approximate surface area is 130 Å². The van der Waals surface area contributed by atoms with Gasteiger partial charge in [-0.1, -0.05) is 48.5 Å². The first-order valence-corrected chi connectivity index (χ1v) is 8.35. The van der Waals surface area contributed by atoms with Crippen molar-refractivity contribution in [3.63, 3.8) is 0 Å². The van der Waals surface area contributed by atoms with Gasteiger partial charge in [-0.15, -0.1) is 4.83 Å². The minimum atomic E-state index is -3.62. The second kappa shape index (κ2) is 5.79. The summed E-state index contributed by atoms with van der Waals surface area (Å²) in [5.74, 6) is 0. The Kier molecular flexibility index (Phi) is 3.83. The molecule has 0 aliphatic rings. The largest absolute Gasteiger partial charge is 0.298 e. The SMILES string of the molecule is CN(NS(=O)(=O)c1ccc2ccccc2c1)c1ccccc1. The lowest BCUT2D eigenvalue weighted by molar-refractivity contribution is 0.580. The van der Waals surface area contributed by atoms with Crippen LogP contribution in [0.1, 0.15) is 0 Å². The fourth-order valence-corrected chi connectivity index (χ4v) is 3.37. The van der Waals surface area contributed by atoms with E-state index in [1.807, 2.05) is 60.7 Å². The van der Waals surface area contributed by atoms with Crippen molar-refractivity contribution >= 4 is 26.5 Å². The zero-order valence-corrected chi connectivity index (χ0v) is 12.9. The van der Waals surface area contributed by atoms with Crippen LogP contribution in [0.4, 0.5) is 5.69 Å². The second-order valence-electron chi connectivity index (χ2n) is 5.00. The molecule has 5 heteroatoms. The van der Waals surface area contributed by atoms with Crippen molar-refractivity contribution in [2.75, 3.05) is 12.1 Å². The molecule has 0 saturated heterocycles. The van der Waals surface area contributed by atoms with E-state index in [9.17, 15) is 8.42 Å². The number of para-hydroxylation sites is 1. The monoisotopic (exact) mass is 312 g/mol. The van der Waals surface area contributed by atoms with Crippen LogP contribution in [0.15, 0.2) is 77.7 Å². The second-order valence-corrected chi connectivity index (χ2v) is 6.66. The molecule has 0 fully saturated rings. The molecule has 0 radical (unpaired) electrons. The minimum absolute atomic E-state index is 0.244. The number of benzene rings is 3. The van der Waals surface area contributed by atoms with Crippen LogP contribution in [0.2, 0.25) is 0 Å². The highest BCUT2D eigenvalue weighted by Gasteiger charge is 2.16. The molecular formula is C17H16N2O2S. The van der Waals surface area contributed by atoms with Crippen LogP contribution in [0, 0.1) is 0 Å². The molecule has 0 saturated carbocycles. The molecule has 1 N–H and O–H groups in total. The summed E-state index contributed by atoms with van der Waals surface area (Å²) in [4.78, 5) is 2.80. The lowest BCUT2D eigenvalue weighted by atomic mass is 10.1. The molecule has 0 spiro atoms. The number of fused-ring (bicyclic) bond motifs is 1. The van der Waals surface area contributed by atoms with Crippen molar-refractivity contribution in [3.8, 4) is 0 Å². The van der Waals surface area contributed by atoms with Gasteiger partial charge in [0.1, 0.15) is 0 Å². The molecule has 0 atom stereocenters. The molecule has 0 amide bonds. The van der Waals surface area contributed by atoms with E-state index in [1.54, 1.807) is 19.2 Å². The number of sulfonamides is 1. The maximum Gasteiger partial charge on any atom is 0.257 e. The van der Waals surface area contributed by atoms with Crippen LogP contribution >= 0.6 is 0 Å². The first kappa shape index (κ1) is 14.6. The van der Waals surface area contributed by atoms with E-state index in [0.717, 1.165) is 16.5 Å². The molecule has 112 valence electrons. The van der Waals surface area contributed by atoms with Gasteiger partial charge in [0.05, 0.1) is 10.6 Å². The van der Waals surface area contributed by atoms with Crippen molar-refractivity contribution < 1.29 is 8.42 Å². The first-order chi connectivity index (χ1) is 10.6. The quantitative estimate of drug-likeness (QED) is 0.753. The average Bonchev–Trinajstić information content (AvgIpc) is 2.55. The molecule has 0 aliphatic heterocycles. The Balaban J connectivity index is 1.91. The topological polar surface area (TPSA) is 49.4 Å². The van der Waals surface area contributed by atoms with Gasteiger partial charge in [0.2, 0.25) is 0 Å².